The summed E-state index contributed by atoms with van der Waals surface area (Å²) in [6.45, 7) is 3.22. The summed E-state index contributed by atoms with van der Waals surface area (Å²) in [5.41, 5.74) is 1.42. The van der Waals surface area contributed by atoms with Crippen molar-refractivity contribution in [1.29, 1.82) is 0 Å². The van der Waals surface area contributed by atoms with Gasteiger partial charge in [0.25, 0.3) is 0 Å². The van der Waals surface area contributed by atoms with E-state index in [-0.39, 0.29) is 11.7 Å². The van der Waals surface area contributed by atoms with Gasteiger partial charge in [-0.05, 0) is 25.1 Å². The van der Waals surface area contributed by atoms with Gasteiger partial charge in [0, 0.05) is 12.6 Å². The van der Waals surface area contributed by atoms with Crippen LogP contribution in [0.5, 0.6) is 0 Å². The van der Waals surface area contributed by atoms with Crippen LogP contribution in [0.15, 0.2) is 29.4 Å². The Morgan fingerprint density at radius 2 is 2.14 bits per heavy atom. The minimum absolute atomic E-state index is 0.0937. The van der Waals surface area contributed by atoms with Gasteiger partial charge in [-0.3, -0.25) is 14.2 Å². The van der Waals surface area contributed by atoms with Gasteiger partial charge >= 0.3 is 5.97 Å². The second-order valence-electron chi connectivity index (χ2n) is 4.28. The normalized spacial score (nSPS) is 10.4. The Morgan fingerprint density at radius 3 is 2.81 bits per heavy atom. The number of carboxylic acid groups (broad SMARTS) is 1. The highest BCUT2D eigenvalue weighted by molar-refractivity contribution is 7.99. The Bertz CT molecular complexity index is 684. The maximum Gasteiger partial charge on any atom is 0.313 e. The van der Waals surface area contributed by atoms with Crippen LogP contribution in [-0.2, 0) is 9.59 Å². The molecule has 1 amide bonds. The predicted molar refractivity (Wildman–Crippen MR) is 78.8 cm³/mol. The van der Waals surface area contributed by atoms with Gasteiger partial charge in [-0.2, -0.15) is 0 Å². The molecule has 1 aromatic carbocycles. The summed E-state index contributed by atoms with van der Waals surface area (Å²) in [7, 11) is 0. The molecule has 0 bridgehead atoms. The largest absolute Gasteiger partial charge is 0.481 e. The average Bonchev–Trinajstić information content (AvgIpc) is 2.77. The topological polar surface area (TPSA) is 97.1 Å². The van der Waals surface area contributed by atoms with Crippen LogP contribution in [0.3, 0.4) is 0 Å². The molecule has 2 rings (SSSR count). The minimum atomic E-state index is -0.917. The number of carboxylic acids is 1. The molecule has 0 aliphatic rings. The van der Waals surface area contributed by atoms with Crippen LogP contribution in [0.1, 0.15) is 12.7 Å². The number of carbonyl (C=O) groups is 2. The number of aryl methyl sites for hydroxylation is 1. The van der Waals surface area contributed by atoms with Crippen molar-refractivity contribution in [3.63, 3.8) is 0 Å². The van der Waals surface area contributed by atoms with Gasteiger partial charge < -0.3 is 10.4 Å². The van der Waals surface area contributed by atoms with Crippen LogP contribution < -0.4 is 5.32 Å². The zero-order chi connectivity index (χ0) is 15.4. The van der Waals surface area contributed by atoms with E-state index in [4.69, 9.17) is 5.11 Å². The molecule has 1 aromatic heterocycles. The first-order valence-electron chi connectivity index (χ1n) is 6.12. The SMILES string of the molecule is CC(=O)Nc1cccc(-n2c(C)nnc2SCC(=O)O)c1. The first-order valence-corrected chi connectivity index (χ1v) is 7.10. The lowest BCUT2D eigenvalue weighted by Crippen LogP contribution is -2.07. The molecule has 0 saturated heterocycles. The fourth-order valence-electron chi connectivity index (χ4n) is 1.79. The standard InChI is InChI=1S/C13H14N4O3S/c1-8-15-16-13(21-7-12(19)20)17(8)11-5-3-4-10(6-11)14-9(2)18/h3-6H,7H2,1-2H3,(H,14,18)(H,19,20). The van der Waals surface area contributed by atoms with E-state index in [1.54, 1.807) is 29.7 Å². The zero-order valence-corrected chi connectivity index (χ0v) is 12.3. The summed E-state index contributed by atoms with van der Waals surface area (Å²) in [4.78, 5) is 21.8. The highest BCUT2D eigenvalue weighted by atomic mass is 32.2. The van der Waals surface area contributed by atoms with Gasteiger partial charge in [0.15, 0.2) is 5.16 Å². The molecule has 0 aliphatic carbocycles. The maximum atomic E-state index is 11.1. The van der Waals surface area contributed by atoms with E-state index in [0.29, 0.717) is 16.7 Å². The number of rotatable bonds is 5. The number of aromatic nitrogens is 3. The van der Waals surface area contributed by atoms with Gasteiger partial charge in [-0.1, -0.05) is 17.8 Å². The Labute approximate surface area is 125 Å². The number of hydrogen-bond donors (Lipinski definition) is 2. The van der Waals surface area contributed by atoms with E-state index in [1.807, 2.05) is 6.07 Å². The van der Waals surface area contributed by atoms with E-state index in [1.165, 1.54) is 6.92 Å². The van der Waals surface area contributed by atoms with Crippen molar-refractivity contribution < 1.29 is 14.7 Å². The summed E-state index contributed by atoms with van der Waals surface area (Å²) >= 11 is 1.09. The molecule has 0 fully saturated rings. The molecular weight excluding hydrogens is 292 g/mol. The van der Waals surface area contributed by atoms with E-state index in [9.17, 15) is 9.59 Å². The maximum absolute atomic E-state index is 11.1. The minimum Gasteiger partial charge on any atom is -0.481 e. The fourth-order valence-corrected chi connectivity index (χ4v) is 2.50. The smallest absolute Gasteiger partial charge is 0.313 e. The van der Waals surface area contributed by atoms with Crippen molar-refractivity contribution in [2.45, 2.75) is 19.0 Å². The summed E-state index contributed by atoms with van der Waals surface area (Å²) in [6, 6.07) is 7.19. The molecule has 2 aromatic rings. The lowest BCUT2D eigenvalue weighted by Gasteiger charge is -2.10. The third-order valence-electron chi connectivity index (χ3n) is 2.54. The molecule has 0 aliphatic heterocycles. The molecule has 2 N–H and O–H groups in total. The molecule has 21 heavy (non-hydrogen) atoms. The third kappa shape index (κ3) is 3.82. The summed E-state index contributed by atoms with van der Waals surface area (Å²) in [5.74, 6) is -0.529. The Kier molecular flexibility index (Phi) is 4.59. The number of carbonyl (C=O) groups excluding carboxylic acids is 1. The summed E-state index contributed by atoms with van der Waals surface area (Å²) in [5, 5.41) is 19.9. The molecular formula is C13H14N4O3S. The van der Waals surface area contributed by atoms with Gasteiger partial charge in [-0.25, -0.2) is 0 Å². The van der Waals surface area contributed by atoms with Gasteiger partial charge in [-0.15, -0.1) is 10.2 Å². The van der Waals surface area contributed by atoms with Gasteiger partial charge in [0.2, 0.25) is 5.91 Å². The Hall–Kier alpha value is -2.35. The van der Waals surface area contributed by atoms with Gasteiger partial charge in [0.1, 0.15) is 5.82 Å². The molecule has 0 atom stereocenters. The highest BCUT2D eigenvalue weighted by Gasteiger charge is 2.13. The van der Waals surface area contributed by atoms with Crippen molar-refractivity contribution in [3.05, 3.63) is 30.1 Å². The second-order valence-corrected chi connectivity index (χ2v) is 5.22. The van der Waals surface area contributed by atoms with E-state index in [0.717, 1.165) is 17.4 Å². The van der Waals surface area contributed by atoms with Crippen LogP contribution in [-0.4, -0.2) is 37.5 Å². The second kappa shape index (κ2) is 6.40. The van der Waals surface area contributed by atoms with Crippen molar-refractivity contribution >= 4 is 29.3 Å². The number of thioether (sulfide) groups is 1. The number of aliphatic carboxylic acids is 1. The molecule has 8 heteroatoms. The number of hydrogen-bond acceptors (Lipinski definition) is 5. The molecule has 0 saturated carbocycles. The molecule has 0 radical (unpaired) electrons. The highest BCUT2D eigenvalue weighted by Crippen LogP contribution is 2.23. The first kappa shape index (κ1) is 15.0. The van der Waals surface area contributed by atoms with Crippen LogP contribution >= 0.6 is 11.8 Å². The first-order chi connectivity index (χ1) is 9.97. The van der Waals surface area contributed by atoms with E-state index in [2.05, 4.69) is 15.5 Å². The average molecular weight is 306 g/mol. The third-order valence-corrected chi connectivity index (χ3v) is 3.46. The van der Waals surface area contributed by atoms with Crippen molar-refractivity contribution in [2.75, 3.05) is 11.1 Å². The van der Waals surface area contributed by atoms with Gasteiger partial charge in [0.05, 0.1) is 11.4 Å². The quantitative estimate of drug-likeness (QED) is 0.816. The van der Waals surface area contributed by atoms with Crippen LogP contribution in [0.4, 0.5) is 5.69 Å². The Morgan fingerprint density at radius 1 is 1.38 bits per heavy atom. The predicted octanol–water partition coefficient (Wildman–Crippen LogP) is 1.71. The van der Waals surface area contributed by atoms with Crippen LogP contribution in [0.25, 0.3) is 5.69 Å². The number of benzene rings is 1. The van der Waals surface area contributed by atoms with Crippen molar-refractivity contribution in [3.8, 4) is 5.69 Å². The summed E-state index contributed by atoms with van der Waals surface area (Å²) < 4.78 is 1.75. The molecule has 1 heterocycles. The van der Waals surface area contributed by atoms with Crippen molar-refractivity contribution in [2.24, 2.45) is 0 Å². The Balaban J connectivity index is 2.34. The lowest BCUT2D eigenvalue weighted by molar-refractivity contribution is -0.133. The van der Waals surface area contributed by atoms with Crippen molar-refractivity contribution in [1.82, 2.24) is 14.8 Å². The number of nitrogens with one attached hydrogen (secondary N) is 1. The zero-order valence-electron chi connectivity index (χ0n) is 11.5. The van der Waals surface area contributed by atoms with Crippen LogP contribution in [0, 0.1) is 6.92 Å². The fraction of sp³-hybridized carbons (Fsp3) is 0.231. The van der Waals surface area contributed by atoms with E-state index >= 15 is 0 Å². The monoisotopic (exact) mass is 306 g/mol. The lowest BCUT2D eigenvalue weighted by atomic mass is 10.2. The van der Waals surface area contributed by atoms with E-state index < -0.39 is 5.97 Å². The molecule has 7 nitrogen and oxygen atoms in total. The molecule has 0 spiro atoms. The van der Waals surface area contributed by atoms with Crippen LogP contribution in [0.2, 0.25) is 0 Å². The number of anilines is 1. The number of nitrogens with zero attached hydrogens (tertiary/aromatic N) is 3. The summed E-state index contributed by atoms with van der Waals surface area (Å²) in [6.07, 6.45) is 0. The number of amides is 1. The molecule has 0 unspecified atom stereocenters. The molecule has 110 valence electrons.